The molecule has 0 fully saturated rings. The van der Waals surface area contributed by atoms with Crippen molar-refractivity contribution in [3.8, 4) is 11.5 Å². The van der Waals surface area contributed by atoms with Crippen LogP contribution in [0.1, 0.15) is 62.1 Å². The van der Waals surface area contributed by atoms with Crippen LogP contribution in [0.25, 0.3) is 5.57 Å². The Morgan fingerprint density at radius 1 is 1.07 bits per heavy atom. The van der Waals surface area contributed by atoms with Gasteiger partial charge in [0.05, 0.1) is 26.3 Å². The van der Waals surface area contributed by atoms with Crippen molar-refractivity contribution in [1.82, 2.24) is 9.88 Å². The molecule has 0 N–H and O–H groups in total. The van der Waals surface area contributed by atoms with Crippen LogP contribution in [-0.2, 0) is 22.8 Å². The standard InChI is InChI=1S/C30H36N2O6S2/c1-7-40(35,36)19-24(33)29-21(4)39-27(31-29)18-32(15-11-14-22-12-9-8-10-13-22)30(34)23-16-25(37-5)28(20(2)3)26(17-23)38-6/h8-10,12-13,16-17H,2,7,11,14-15,18-19H2,1,3-6H3. The van der Waals surface area contributed by atoms with Gasteiger partial charge in [0.2, 0.25) is 0 Å². The molecule has 8 nitrogen and oxygen atoms in total. The number of hydrogen-bond acceptors (Lipinski definition) is 8. The number of carbonyl (C=O) groups is 2. The van der Waals surface area contributed by atoms with E-state index in [4.69, 9.17) is 9.47 Å². The van der Waals surface area contributed by atoms with E-state index in [1.165, 1.54) is 38.0 Å². The predicted octanol–water partition coefficient (Wildman–Crippen LogP) is 5.39. The van der Waals surface area contributed by atoms with Gasteiger partial charge in [-0.3, -0.25) is 9.59 Å². The Kier molecular flexibility index (Phi) is 10.6. The molecular formula is C30H36N2O6S2. The summed E-state index contributed by atoms with van der Waals surface area (Å²) in [6, 6.07) is 13.4. The molecule has 0 aliphatic heterocycles. The molecule has 0 saturated carbocycles. The zero-order chi connectivity index (χ0) is 29.4. The highest BCUT2D eigenvalue weighted by Crippen LogP contribution is 2.36. The quantitative estimate of drug-likeness (QED) is 0.234. The number of aryl methyl sites for hydroxylation is 2. The smallest absolute Gasteiger partial charge is 0.254 e. The number of amides is 1. The van der Waals surface area contributed by atoms with Crippen molar-refractivity contribution in [1.29, 1.82) is 0 Å². The van der Waals surface area contributed by atoms with E-state index in [0.29, 0.717) is 45.5 Å². The molecule has 0 aliphatic carbocycles. The van der Waals surface area contributed by atoms with Gasteiger partial charge < -0.3 is 14.4 Å². The maximum absolute atomic E-state index is 13.9. The highest BCUT2D eigenvalue weighted by atomic mass is 32.2. The van der Waals surface area contributed by atoms with Crippen molar-refractivity contribution in [2.75, 3.05) is 32.3 Å². The minimum absolute atomic E-state index is 0.116. The molecule has 0 atom stereocenters. The normalized spacial score (nSPS) is 11.2. The summed E-state index contributed by atoms with van der Waals surface area (Å²) in [5.41, 5.74) is 3.13. The van der Waals surface area contributed by atoms with Gasteiger partial charge in [-0.25, -0.2) is 13.4 Å². The summed E-state index contributed by atoms with van der Waals surface area (Å²) >= 11 is 1.29. The number of methoxy groups -OCH3 is 2. The van der Waals surface area contributed by atoms with E-state index >= 15 is 0 Å². The number of hydrogen-bond donors (Lipinski definition) is 0. The fourth-order valence-corrected chi connectivity index (χ4v) is 6.03. The molecule has 40 heavy (non-hydrogen) atoms. The second-order valence-electron chi connectivity index (χ2n) is 9.46. The number of ether oxygens (including phenoxy) is 2. The third-order valence-electron chi connectivity index (χ3n) is 6.43. The van der Waals surface area contributed by atoms with Crippen molar-refractivity contribution in [2.24, 2.45) is 0 Å². The molecule has 0 unspecified atom stereocenters. The molecular weight excluding hydrogens is 548 g/mol. The van der Waals surface area contributed by atoms with Crippen molar-refractivity contribution < 1.29 is 27.5 Å². The number of carbonyl (C=O) groups excluding carboxylic acids is 2. The summed E-state index contributed by atoms with van der Waals surface area (Å²) < 4.78 is 35.1. The van der Waals surface area contributed by atoms with Gasteiger partial charge >= 0.3 is 0 Å². The van der Waals surface area contributed by atoms with E-state index in [-0.39, 0.29) is 23.9 Å². The van der Waals surface area contributed by atoms with E-state index in [1.807, 2.05) is 37.3 Å². The topological polar surface area (TPSA) is 103 Å². The third kappa shape index (κ3) is 7.79. The molecule has 0 spiro atoms. The summed E-state index contributed by atoms with van der Waals surface area (Å²) in [5, 5.41) is 0.556. The van der Waals surface area contributed by atoms with Crippen LogP contribution in [0.15, 0.2) is 49.0 Å². The molecule has 0 radical (unpaired) electrons. The molecule has 1 aromatic heterocycles. The number of Topliss-reactive ketones (excluding diaryl/α,β-unsaturated/α-hetero) is 1. The van der Waals surface area contributed by atoms with E-state index in [9.17, 15) is 18.0 Å². The average Bonchev–Trinajstić information content (AvgIpc) is 3.31. The minimum atomic E-state index is -3.49. The maximum Gasteiger partial charge on any atom is 0.254 e. The highest BCUT2D eigenvalue weighted by Gasteiger charge is 2.25. The lowest BCUT2D eigenvalue weighted by Gasteiger charge is -2.23. The van der Waals surface area contributed by atoms with E-state index in [0.717, 1.165) is 12.0 Å². The Morgan fingerprint density at radius 2 is 1.70 bits per heavy atom. The first kappa shape index (κ1) is 31.0. The zero-order valence-corrected chi connectivity index (χ0v) is 25.3. The molecule has 1 amide bonds. The Hall–Kier alpha value is -3.50. The second-order valence-corrected chi connectivity index (χ2v) is 13.1. The predicted molar refractivity (Wildman–Crippen MR) is 159 cm³/mol. The number of rotatable bonds is 14. The summed E-state index contributed by atoms with van der Waals surface area (Å²) in [6.07, 6.45) is 1.49. The molecule has 0 aliphatic rings. The highest BCUT2D eigenvalue weighted by molar-refractivity contribution is 7.92. The Balaban J connectivity index is 1.93. The van der Waals surface area contributed by atoms with Gasteiger partial charge in [-0.15, -0.1) is 11.3 Å². The number of benzene rings is 2. The maximum atomic E-state index is 13.9. The summed E-state index contributed by atoms with van der Waals surface area (Å²) in [6.45, 7) is 9.69. The minimum Gasteiger partial charge on any atom is -0.496 e. The van der Waals surface area contributed by atoms with Crippen LogP contribution in [0.3, 0.4) is 0 Å². The second kappa shape index (κ2) is 13.7. The number of aromatic nitrogens is 1. The van der Waals surface area contributed by atoms with Gasteiger partial charge in [0, 0.05) is 22.7 Å². The monoisotopic (exact) mass is 584 g/mol. The van der Waals surface area contributed by atoms with Crippen LogP contribution in [0.4, 0.5) is 0 Å². The van der Waals surface area contributed by atoms with Gasteiger partial charge in [0.25, 0.3) is 5.91 Å². The average molecular weight is 585 g/mol. The van der Waals surface area contributed by atoms with Gasteiger partial charge in [-0.05, 0) is 50.0 Å². The van der Waals surface area contributed by atoms with Gasteiger partial charge in [-0.2, -0.15) is 0 Å². The lowest BCUT2D eigenvalue weighted by Crippen LogP contribution is -2.32. The van der Waals surface area contributed by atoms with Gasteiger partial charge in [0.1, 0.15) is 28.0 Å². The van der Waals surface area contributed by atoms with Crippen LogP contribution in [0.5, 0.6) is 11.5 Å². The molecule has 0 saturated heterocycles. The first-order valence-electron chi connectivity index (χ1n) is 12.9. The molecule has 214 valence electrons. The molecule has 10 heteroatoms. The van der Waals surface area contributed by atoms with E-state index < -0.39 is 21.4 Å². The molecule has 2 aromatic carbocycles. The van der Waals surface area contributed by atoms with Crippen molar-refractivity contribution >= 4 is 38.4 Å². The first-order chi connectivity index (χ1) is 19.0. The zero-order valence-electron chi connectivity index (χ0n) is 23.7. The van der Waals surface area contributed by atoms with E-state index in [1.54, 1.807) is 24.0 Å². The Morgan fingerprint density at radius 3 is 2.25 bits per heavy atom. The SMILES string of the molecule is C=C(C)c1c(OC)cc(C(=O)N(CCCc2ccccc2)Cc2nc(C(=O)CS(=O)(=O)CC)c(C)s2)cc1OC. The molecule has 1 heterocycles. The number of ketones is 1. The number of nitrogens with zero attached hydrogens (tertiary/aromatic N) is 2. The fourth-order valence-electron chi connectivity index (χ4n) is 4.32. The van der Waals surface area contributed by atoms with Crippen LogP contribution < -0.4 is 9.47 Å². The van der Waals surface area contributed by atoms with Crippen molar-refractivity contribution in [3.05, 3.63) is 81.3 Å². The Labute approximate surface area is 240 Å². The van der Waals surface area contributed by atoms with Crippen LogP contribution in [0, 0.1) is 6.92 Å². The fraction of sp³-hybridized carbons (Fsp3) is 0.367. The van der Waals surface area contributed by atoms with Crippen LogP contribution in [-0.4, -0.2) is 62.3 Å². The summed E-state index contributed by atoms with van der Waals surface area (Å²) in [7, 11) is -0.427. The molecule has 3 rings (SSSR count). The van der Waals surface area contributed by atoms with Crippen molar-refractivity contribution in [2.45, 2.75) is 40.2 Å². The largest absolute Gasteiger partial charge is 0.496 e. The lowest BCUT2D eigenvalue weighted by atomic mass is 10.0. The molecule has 3 aromatic rings. The lowest BCUT2D eigenvalue weighted by molar-refractivity contribution is 0.0740. The summed E-state index contributed by atoms with van der Waals surface area (Å²) in [5.74, 6) is -0.512. The van der Waals surface area contributed by atoms with Crippen LogP contribution in [0.2, 0.25) is 0 Å². The third-order valence-corrected chi connectivity index (χ3v) is 8.96. The van der Waals surface area contributed by atoms with Gasteiger partial charge in [0.15, 0.2) is 15.6 Å². The number of thiazole rings is 1. The van der Waals surface area contributed by atoms with Crippen LogP contribution >= 0.6 is 11.3 Å². The number of allylic oxidation sites excluding steroid dienone is 1. The number of sulfone groups is 1. The first-order valence-corrected chi connectivity index (χ1v) is 15.6. The van der Waals surface area contributed by atoms with Gasteiger partial charge in [-0.1, -0.05) is 43.8 Å². The Bertz CT molecular complexity index is 1450. The van der Waals surface area contributed by atoms with E-state index in [2.05, 4.69) is 11.6 Å². The van der Waals surface area contributed by atoms with Crippen molar-refractivity contribution in [3.63, 3.8) is 0 Å². The summed E-state index contributed by atoms with van der Waals surface area (Å²) in [4.78, 5) is 33.4. The molecule has 0 bridgehead atoms.